The van der Waals surface area contributed by atoms with Crippen molar-refractivity contribution in [2.45, 2.75) is 19.3 Å². The Bertz CT molecular complexity index is 474. The summed E-state index contributed by atoms with van der Waals surface area (Å²) in [5.41, 5.74) is 0.777. The molecule has 1 aliphatic carbocycles. The summed E-state index contributed by atoms with van der Waals surface area (Å²) < 4.78 is 17.9. The van der Waals surface area contributed by atoms with Crippen molar-refractivity contribution in [1.82, 2.24) is 0 Å². The van der Waals surface area contributed by atoms with Crippen molar-refractivity contribution in [2.24, 2.45) is 5.92 Å². The third kappa shape index (κ3) is 4.70. The van der Waals surface area contributed by atoms with Crippen LogP contribution in [0.5, 0.6) is 0 Å². The maximum atomic E-state index is 12.7. The summed E-state index contributed by atoms with van der Waals surface area (Å²) in [4.78, 5) is 11.5. The fraction of sp³-hybridized carbons (Fsp3) is 0.312. The van der Waals surface area contributed by atoms with Gasteiger partial charge in [0.1, 0.15) is 5.82 Å². The van der Waals surface area contributed by atoms with Gasteiger partial charge < -0.3 is 4.74 Å². The molecule has 0 fully saturated rings. The normalized spacial score (nSPS) is 18.7. The number of carbonyl (C=O) groups is 1. The molecule has 0 heterocycles. The molecule has 3 heteroatoms. The lowest BCUT2D eigenvalue weighted by molar-refractivity contribution is -0.139. The monoisotopic (exact) mass is 260 g/mol. The number of esters is 1. The Balaban J connectivity index is 1.77. The fourth-order valence-electron chi connectivity index (χ4n) is 1.99. The SMILES string of the molecule is O=C(/C=C/c1ccc(F)cc1)OCC1CC=CCC1. The first-order chi connectivity index (χ1) is 9.24. The Morgan fingerprint density at radius 1 is 1.32 bits per heavy atom. The average Bonchev–Trinajstić information content (AvgIpc) is 2.45. The van der Waals surface area contributed by atoms with Crippen LogP contribution in [0.15, 0.2) is 42.5 Å². The number of rotatable bonds is 4. The molecule has 1 unspecified atom stereocenters. The Morgan fingerprint density at radius 3 is 2.79 bits per heavy atom. The highest BCUT2D eigenvalue weighted by atomic mass is 19.1. The first-order valence-electron chi connectivity index (χ1n) is 6.49. The van der Waals surface area contributed by atoms with Gasteiger partial charge in [0.05, 0.1) is 6.61 Å². The van der Waals surface area contributed by atoms with E-state index < -0.39 is 0 Å². The number of carbonyl (C=O) groups excluding carboxylic acids is 1. The number of hydrogen-bond donors (Lipinski definition) is 0. The topological polar surface area (TPSA) is 26.3 Å². The standard InChI is InChI=1S/C16H17FO2/c17-15-9-6-13(7-10-15)8-11-16(18)19-12-14-4-2-1-3-5-14/h1-2,6-11,14H,3-5,12H2/b11-8+. The highest BCUT2D eigenvalue weighted by Gasteiger charge is 2.11. The first-order valence-corrected chi connectivity index (χ1v) is 6.49. The zero-order chi connectivity index (χ0) is 13.5. The quantitative estimate of drug-likeness (QED) is 0.468. The molecule has 0 saturated heterocycles. The van der Waals surface area contributed by atoms with Crippen LogP contribution in [0.4, 0.5) is 4.39 Å². The van der Waals surface area contributed by atoms with Gasteiger partial charge in [0.2, 0.25) is 0 Å². The zero-order valence-electron chi connectivity index (χ0n) is 10.7. The molecule has 1 aliphatic rings. The minimum atomic E-state index is -0.348. The Morgan fingerprint density at radius 2 is 2.11 bits per heavy atom. The van der Waals surface area contributed by atoms with E-state index >= 15 is 0 Å². The summed E-state index contributed by atoms with van der Waals surface area (Å²) in [6.07, 6.45) is 10.4. The second kappa shape index (κ2) is 6.88. The van der Waals surface area contributed by atoms with Crippen molar-refractivity contribution in [3.63, 3.8) is 0 Å². The van der Waals surface area contributed by atoms with Crippen LogP contribution in [-0.4, -0.2) is 12.6 Å². The summed E-state index contributed by atoms with van der Waals surface area (Å²) in [5, 5.41) is 0. The highest BCUT2D eigenvalue weighted by molar-refractivity contribution is 5.87. The van der Waals surface area contributed by atoms with E-state index in [1.165, 1.54) is 18.2 Å². The lowest BCUT2D eigenvalue weighted by atomic mass is 9.95. The molecular formula is C16H17FO2. The van der Waals surface area contributed by atoms with Gasteiger partial charge in [0.15, 0.2) is 0 Å². The summed E-state index contributed by atoms with van der Waals surface area (Å²) >= 11 is 0. The van der Waals surface area contributed by atoms with Gasteiger partial charge in [-0.1, -0.05) is 24.3 Å². The fourth-order valence-corrected chi connectivity index (χ4v) is 1.99. The van der Waals surface area contributed by atoms with E-state index in [0.29, 0.717) is 12.5 Å². The van der Waals surface area contributed by atoms with Crippen LogP contribution >= 0.6 is 0 Å². The zero-order valence-corrected chi connectivity index (χ0v) is 10.7. The van der Waals surface area contributed by atoms with Crippen LogP contribution in [-0.2, 0) is 9.53 Å². The van der Waals surface area contributed by atoms with Gasteiger partial charge in [-0.15, -0.1) is 0 Å². The van der Waals surface area contributed by atoms with Crippen LogP contribution in [0.25, 0.3) is 6.08 Å². The number of benzene rings is 1. The third-order valence-corrected chi connectivity index (χ3v) is 3.12. The van der Waals surface area contributed by atoms with Crippen molar-refractivity contribution >= 4 is 12.0 Å². The maximum Gasteiger partial charge on any atom is 0.330 e. The lowest BCUT2D eigenvalue weighted by Gasteiger charge is -2.16. The third-order valence-electron chi connectivity index (χ3n) is 3.12. The second-order valence-electron chi connectivity index (χ2n) is 4.67. The molecule has 19 heavy (non-hydrogen) atoms. The van der Waals surface area contributed by atoms with E-state index in [0.717, 1.165) is 24.8 Å². The van der Waals surface area contributed by atoms with Gasteiger partial charge in [0, 0.05) is 6.08 Å². The van der Waals surface area contributed by atoms with Gasteiger partial charge in [-0.05, 0) is 49.0 Å². The molecule has 0 radical (unpaired) electrons. The molecule has 2 rings (SSSR count). The largest absolute Gasteiger partial charge is 0.462 e. The smallest absolute Gasteiger partial charge is 0.330 e. The summed E-state index contributed by atoms with van der Waals surface area (Å²) in [5.74, 6) is -0.197. The van der Waals surface area contributed by atoms with Gasteiger partial charge in [-0.2, -0.15) is 0 Å². The van der Waals surface area contributed by atoms with Crippen molar-refractivity contribution in [1.29, 1.82) is 0 Å². The molecule has 0 saturated carbocycles. The molecule has 1 aromatic rings. The number of hydrogen-bond acceptors (Lipinski definition) is 2. The first kappa shape index (κ1) is 13.5. The van der Waals surface area contributed by atoms with Crippen molar-refractivity contribution in [3.8, 4) is 0 Å². The summed E-state index contributed by atoms with van der Waals surface area (Å²) in [7, 11) is 0. The van der Waals surface area contributed by atoms with Crippen LogP contribution in [0, 0.1) is 11.7 Å². The number of allylic oxidation sites excluding steroid dienone is 2. The number of ether oxygens (including phenoxy) is 1. The van der Waals surface area contributed by atoms with Crippen LogP contribution in [0.3, 0.4) is 0 Å². The van der Waals surface area contributed by atoms with E-state index in [-0.39, 0.29) is 11.8 Å². The van der Waals surface area contributed by atoms with Crippen molar-refractivity contribution < 1.29 is 13.9 Å². The molecule has 0 N–H and O–H groups in total. The van der Waals surface area contributed by atoms with Crippen LogP contribution in [0.2, 0.25) is 0 Å². The van der Waals surface area contributed by atoms with Gasteiger partial charge in [-0.25, -0.2) is 9.18 Å². The predicted octanol–water partition coefficient (Wildman–Crippen LogP) is 3.74. The average molecular weight is 260 g/mol. The van der Waals surface area contributed by atoms with E-state index in [1.54, 1.807) is 18.2 Å². The van der Waals surface area contributed by atoms with Crippen molar-refractivity contribution in [2.75, 3.05) is 6.61 Å². The van der Waals surface area contributed by atoms with Crippen LogP contribution in [0.1, 0.15) is 24.8 Å². The summed E-state index contributed by atoms with van der Waals surface area (Å²) in [6, 6.07) is 5.95. The Hall–Kier alpha value is -1.90. The molecule has 1 atom stereocenters. The molecule has 0 aliphatic heterocycles. The molecule has 100 valence electrons. The van der Waals surface area contributed by atoms with E-state index in [4.69, 9.17) is 4.74 Å². The minimum absolute atomic E-state index is 0.287. The van der Waals surface area contributed by atoms with Crippen molar-refractivity contribution in [3.05, 3.63) is 53.9 Å². The molecule has 0 spiro atoms. The molecule has 0 amide bonds. The minimum Gasteiger partial charge on any atom is -0.462 e. The molecule has 2 nitrogen and oxygen atoms in total. The van der Waals surface area contributed by atoms with E-state index in [9.17, 15) is 9.18 Å². The predicted molar refractivity (Wildman–Crippen MR) is 72.9 cm³/mol. The second-order valence-corrected chi connectivity index (χ2v) is 4.67. The van der Waals surface area contributed by atoms with Gasteiger partial charge in [0.25, 0.3) is 0 Å². The van der Waals surface area contributed by atoms with Gasteiger partial charge in [-0.3, -0.25) is 0 Å². The number of halogens is 1. The molecular weight excluding hydrogens is 243 g/mol. The molecule has 1 aromatic carbocycles. The van der Waals surface area contributed by atoms with Gasteiger partial charge >= 0.3 is 5.97 Å². The maximum absolute atomic E-state index is 12.7. The highest BCUT2D eigenvalue weighted by Crippen LogP contribution is 2.18. The van der Waals surface area contributed by atoms with Crippen LogP contribution < -0.4 is 0 Å². The van der Waals surface area contributed by atoms with E-state index in [2.05, 4.69) is 12.2 Å². The van der Waals surface area contributed by atoms with E-state index in [1.807, 2.05) is 0 Å². The Kier molecular flexibility index (Phi) is 4.90. The molecule has 0 aromatic heterocycles. The molecule has 0 bridgehead atoms. The summed E-state index contributed by atoms with van der Waals surface area (Å²) in [6.45, 7) is 0.469. The lowest BCUT2D eigenvalue weighted by Crippen LogP contribution is -2.13. The Labute approximate surface area is 112 Å².